The van der Waals surface area contributed by atoms with Crippen LogP contribution in [0.25, 0.3) is 0 Å². The summed E-state index contributed by atoms with van der Waals surface area (Å²) >= 11 is 0. The smallest absolute Gasteiger partial charge is 0.225 e. The van der Waals surface area contributed by atoms with Crippen LogP contribution in [0.5, 0.6) is 0 Å². The van der Waals surface area contributed by atoms with E-state index in [0.717, 1.165) is 6.54 Å². The van der Waals surface area contributed by atoms with Crippen molar-refractivity contribution >= 4 is 15.7 Å². The molecular weight excluding hydrogens is 250 g/mol. The van der Waals surface area contributed by atoms with E-state index < -0.39 is 9.84 Å². The molecule has 0 unspecified atom stereocenters. The van der Waals surface area contributed by atoms with Crippen LogP contribution in [0.15, 0.2) is 0 Å². The molecular formula is C13H25NO3S. The number of carbonyl (C=O) groups excluding carboxylic acids is 1. The summed E-state index contributed by atoms with van der Waals surface area (Å²) in [5.74, 6) is 0.792. The van der Waals surface area contributed by atoms with Crippen molar-refractivity contribution in [2.45, 2.75) is 46.6 Å². The number of carbonyl (C=O) groups is 1. The van der Waals surface area contributed by atoms with E-state index in [1.807, 2.05) is 18.7 Å². The van der Waals surface area contributed by atoms with Crippen LogP contribution in [0, 0.1) is 11.8 Å². The first kappa shape index (κ1) is 15.5. The minimum absolute atomic E-state index is 0.102. The third-order valence-corrected chi connectivity index (χ3v) is 5.09. The van der Waals surface area contributed by atoms with Crippen molar-refractivity contribution in [2.75, 3.05) is 18.1 Å². The Bertz CT molecular complexity index is 373. The van der Waals surface area contributed by atoms with E-state index in [1.165, 1.54) is 0 Å². The third kappa shape index (κ3) is 4.26. The monoisotopic (exact) mass is 275 g/mol. The molecule has 1 aliphatic heterocycles. The van der Waals surface area contributed by atoms with Crippen LogP contribution in [0.1, 0.15) is 40.5 Å². The van der Waals surface area contributed by atoms with Crippen LogP contribution >= 0.6 is 0 Å². The van der Waals surface area contributed by atoms with Gasteiger partial charge in [-0.15, -0.1) is 0 Å². The van der Waals surface area contributed by atoms with Gasteiger partial charge in [-0.2, -0.15) is 0 Å². The molecule has 0 N–H and O–H groups in total. The topological polar surface area (TPSA) is 54.5 Å². The molecule has 18 heavy (non-hydrogen) atoms. The van der Waals surface area contributed by atoms with Crippen LogP contribution in [-0.2, 0) is 14.6 Å². The van der Waals surface area contributed by atoms with Gasteiger partial charge in [0.2, 0.25) is 5.91 Å². The second kappa shape index (κ2) is 6.04. The zero-order valence-electron chi connectivity index (χ0n) is 11.8. The Morgan fingerprint density at radius 3 is 2.06 bits per heavy atom. The lowest BCUT2D eigenvalue weighted by molar-refractivity contribution is -0.138. The second-order valence-electron chi connectivity index (χ2n) is 5.90. The fraction of sp³-hybridized carbons (Fsp3) is 0.923. The molecule has 0 spiro atoms. The van der Waals surface area contributed by atoms with Gasteiger partial charge < -0.3 is 4.90 Å². The van der Waals surface area contributed by atoms with Gasteiger partial charge in [0, 0.05) is 18.5 Å². The van der Waals surface area contributed by atoms with Crippen molar-refractivity contribution in [2.24, 2.45) is 11.8 Å². The van der Waals surface area contributed by atoms with Crippen molar-refractivity contribution in [3.8, 4) is 0 Å². The van der Waals surface area contributed by atoms with E-state index >= 15 is 0 Å². The van der Waals surface area contributed by atoms with Crippen LogP contribution in [0.2, 0.25) is 0 Å². The summed E-state index contributed by atoms with van der Waals surface area (Å²) < 4.78 is 22.8. The molecule has 4 nitrogen and oxygen atoms in total. The van der Waals surface area contributed by atoms with Gasteiger partial charge in [0.1, 0.15) is 9.84 Å². The molecule has 0 aromatic heterocycles. The molecule has 0 aliphatic carbocycles. The maximum Gasteiger partial charge on any atom is 0.225 e. The first-order chi connectivity index (χ1) is 8.23. The summed E-state index contributed by atoms with van der Waals surface area (Å²) in [5.41, 5.74) is 0. The number of amides is 1. The molecule has 1 fully saturated rings. The molecule has 1 heterocycles. The van der Waals surface area contributed by atoms with Crippen molar-refractivity contribution in [3.05, 3.63) is 0 Å². The summed E-state index contributed by atoms with van der Waals surface area (Å²) in [6.45, 7) is 8.96. The highest BCUT2D eigenvalue weighted by Gasteiger charge is 2.32. The van der Waals surface area contributed by atoms with Crippen LogP contribution in [0.4, 0.5) is 0 Å². The third-order valence-electron chi connectivity index (χ3n) is 3.37. The summed E-state index contributed by atoms with van der Waals surface area (Å²) in [5, 5.41) is 0. The lowest BCUT2D eigenvalue weighted by Gasteiger charge is -2.33. The molecule has 1 rings (SSSR count). The van der Waals surface area contributed by atoms with Crippen molar-refractivity contribution in [1.82, 2.24) is 4.90 Å². The number of hydrogen-bond acceptors (Lipinski definition) is 3. The van der Waals surface area contributed by atoms with Crippen LogP contribution < -0.4 is 0 Å². The molecule has 0 saturated carbocycles. The SMILES string of the molecule is CC(C)CN(C(=O)C1CCS(=O)(=O)CC1)C(C)C. The largest absolute Gasteiger partial charge is 0.340 e. The highest BCUT2D eigenvalue weighted by Crippen LogP contribution is 2.22. The quantitative estimate of drug-likeness (QED) is 0.785. The molecule has 106 valence electrons. The zero-order valence-corrected chi connectivity index (χ0v) is 12.7. The summed E-state index contributed by atoms with van der Waals surface area (Å²) in [7, 11) is -2.89. The molecule has 1 amide bonds. The second-order valence-corrected chi connectivity index (χ2v) is 8.21. The summed E-state index contributed by atoms with van der Waals surface area (Å²) in [6.07, 6.45) is 0.977. The maximum absolute atomic E-state index is 12.4. The molecule has 5 heteroatoms. The Morgan fingerprint density at radius 1 is 1.17 bits per heavy atom. The van der Waals surface area contributed by atoms with Gasteiger partial charge in [-0.1, -0.05) is 13.8 Å². The molecule has 0 aromatic rings. The Morgan fingerprint density at radius 2 is 1.67 bits per heavy atom. The van der Waals surface area contributed by atoms with Crippen LogP contribution in [-0.4, -0.2) is 43.3 Å². The average Bonchev–Trinajstić information content (AvgIpc) is 2.24. The number of hydrogen-bond donors (Lipinski definition) is 0. The molecule has 0 aromatic carbocycles. The first-order valence-corrected chi connectivity index (χ1v) is 8.56. The zero-order chi connectivity index (χ0) is 13.9. The summed E-state index contributed by atoms with van der Waals surface area (Å²) in [4.78, 5) is 14.3. The van der Waals surface area contributed by atoms with Gasteiger partial charge in [-0.25, -0.2) is 8.42 Å². The Kier molecular flexibility index (Phi) is 5.20. The van der Waals surface area contributed by atoms with E-state index in [-0.39, 0.29) is 29.4 Å². The average molecular weight is 275 g/mol. The van der Waals surface area contributed by atoms with E-state index in [4.69, 9.17) is 0 Å². The minimum Gasteiger partial charge on any atom is -0.340 e. The van der Waals surface area contributed by atoms with E-state index in [9.17, 15) is 13.2 Å². The predicted octanol–water partition coefficient (Wildman–Crippen LogP) is 1.70. The first-order valence-electron chi connectivity index (χ1n) is 6.74. The van der Waals surface area contributed by atoms with Gasteiger partial charge in [0.15, 0.2) is 0 Å². The fourth-order valence-corrected chi connectivity index (χ4v) is 3.81. The Labute approximate surface area is 111 Å². The lowest BCUT2D eigenvalue weighted by Crippen LogP contribution is -2.44. The maximum atomic E-state index is 12.4. The number of rotatable bonds is 4. The van der Waals surface area contributed by atoms with Gasteiger partial charge in [-0.05, 0) is 32.6 Å². The Balaban J connectivity index is 2.67. The normalized spacial score (nSPS) is 20.3. The van der Waals surface area contributed by atoms with Gasteiger partial charge in [0.05, 0.1) is 11.5 Å². The fourth-order valence-electron chi connectivity index (χ4n) is 2.32. The van der Waals surface area contributed by atoms with Gasteiger partial charge in [-0.3, -0.25) is 4.79 Å². The Hall–Kier alpha value is -0.580. The molecule has 1 aliphatic rings. The highest BCUT2D eigenvalue weighted by molar-refractivity contribution is 7.91. The van der Waals surface area contributed by atoms with Crippen molar-refractivity contribution < 1.29 is 13.2 Å². The minimum atomic E-state index is -2.89. The van der Waals surface area contributed by atoms with E-state index in [2.05, 4.69) is 13.8 Å². The van der Waals surface area contributed by atoms with Gasteiger partial charge >= 0.3 is 0 Å². The lowest BCUT2D eigenvalue weighted by atomic mass is 9.99. The van der Waals surface area contributed by atoms with E-state index in [0.29, 0.717) is 18.8 Å². The predicted molar refractivity (Wildman–Crippen MR) is 73.1 cm³/mol. The molecule has 0 radical (unpaired) electrons. The number of nitrogens with zero attached hydrogens (tertiary/aromatic N) is 1. The molecule has 1 saturated heterocycles. The number of sulfone groups is 1. The molecule has 0 bridgehead atoms. The van der Waals surface area contributed by atoms with Crippen molar-refractivity contribution in [1.29, 1.82) is 0 Å². The van der Waals surface area contributed by atoms with Crippen LogP contribution in [0.3, 0.4) is 0 Å². The summed E-state index contributed by atoms with van der Waals surface area (Å²) in [6, 6.07) is 0.179. The van der Waals surface area contributed by atoms with E-state index in [1.54, 1.807) is 0 Å². The van der Waals surface area contributed by atoms with Gasteiger partial charge in [0.25, 0.3) is 0 Å². The molecule has 0 atom stereocenters. The standard InChI is InChI=1S/C13H25NO3S/c1-10(2)9-14(11(3)4)13(15)12-5-7-18(16,17)8-6-12/h10-12H,5-9H2,1-4H3. The highest BCUT2D eigenvalue weighted by atomic mass is 32.2. The van der Waals surface area contributed by atoms with Crippen molar-refractivity contribution in [3.63, 3.8) is 0 Å².